The molecule has 3 atom stereocenters. The molecule has 0 amide bonds. The van der Waals surface area contributed by atoms with Crippen molar-refractivity contribution in [2.24, 2.45) is 17.2 Å². The van der Waals surface area contributed by atoms with Gasteiger partial charge in [-0.25, -0.2) is 0 Å². The number of hydrogen-bond acceptors (Lipinski definition) is 19. The number of ether oxygens (including phenoxy) is 4. The molecule has 0 rings (SSSR count). The zero-order chi connectivity index (χ0) is 34.7. The number of ketones is 2. The van der Waals surface area contributed by atoms with Crippen molar-refractivity contribution in [3.05, 3.63) is 0 Å². The van der Waals surface area contributed by atoms with Crippen molar-refractivity contribution < 1.29 is 57.9 Å². The van der Waals surface area contributed by atoms with E-state index in [4.69, 9.17) is 41.6 Å². The van der Waals surface area contributed by atoms with Crippen LogP contribution >= 0.6 is 0 Å². The number of carbonyl (C=O) groups excluding carboxylic acids is 6. The van der Waals surface area contributed by atoms with Gasteiger partial charge in [-0.15, -0.1) is 0 Å². The van der Waals surface area contributed by atoms with Crippen molar-refractivity contribution in [2.75, 3.05) is 99.0 Å². The van der Waals surface area contributed by atoms with E-state index in [1.54, 1.807) is 4.90 Å². The highest BCUT2D eigenvalue weighted by Gasteiger charge is 2.24. The number of aliphatic hydroxyl groups is 2. The monoisotopic (exact) mass is 665 g/mol. The number of hydrogen-bond donors (Lipinski definition) is 8. The topological polar surface area (TPSA) is 297 Å². The van der Waals surface area contributed by atoms with Crippen LogP contribution in [0.5, 0.6) is 0 Å². The quantitative estimate of drug-likeness (QED) is 0.0272. The number of nitrogens with zero attached hydrogens (tertiary/aromatic N) is 1. The van der Waals surface area contributed by atoms with E-state index >= 15 is 0 Å². The van der Waals surface area contributed by atoms with E-state index in [2.05, 4.69) is 20.7 Å². The third kappa shape index (κ3) is 20.1. The first-order chi connectivity index (χ1) is 22.1. The molecule has 0 aliphatic heterocycles. The molecule has 0 aromatic heterocycles. The van der Waals surface area contributed by atoms with Crippen LogP contribution < -0.4 is 33.2 Å². The number of nitrogens with one attached hydrogen (secondary N) is 3. The van der Waals surface area contributed by atoms with Crippen molar-refractivity contribution in [2.45, 2.75) is 37.4 Å². The van der Waals surface area contributed by atoms with E-state index in [-0.39, 0.29) is 98.0 Å². The standard InChI is InChI=1S/C27H51N7O12/c1-43-27(42)21(33-7-4-30)16-26(41)46-13-10-34(8-11-44-24(39)14-19(22(37)17-35)31-5-2-28)9-12-45-25(40)15-20(23(38)18-36)32-6-3-29/h19-21,31-33,35-36H,2-18,28-30H2,1H3. The third-order valence-corrected chi connectivity index (χ3v) is 6.30. The highest BCUT2D eigenvalue weighted by molar-refractivity contribution is 5.89. The fourth-order valence-electron chi connectivity index (χ4n) is 3.85. The van der Waals surface area contributed by atoms with Gasteiger partial charge in [0.25, 0.3) is 0 Å². The van der Waals surface area contributed by atoms with Gasteiger partial charge < -0.3 is 62.3 Å². The Morgan fingerprint density at radius 2 is 0.935 bits per heavy atom. The molecule has 0 saturated heterocycles. The van der Waals surface area contributed by atoms with Crippen LogP contribution in [0, 0.1) is 0 Å². The lowest BCUT2D eigenvalue weighted by Crippen LogP contribution is -2.43. The van der Waals surface area contributed by atoms with Gasteiger partial charge in [0.05, 0.1) is 38.5 Å². The van der Waals surface area contributed by atoms with Crippen LogP contribution in [0.4, 0.5) is 0 Å². The van der Waals surface area contributed by atoms with E-state index in [1.165, 1.54) is 7.11 Å². The summed E-state index contributed by atoms with van der Waals surface area (Å²) in [6, 6.07) is -2.88. The average Bonchev–Trinajstić information content (AvgIpc) is 3.05. The number of rotatable bonds is 29. The number of esters is 4. The second-order valence-electron chi connectivity index (χ2n) is 9.77. The van der Waals surface area contributed by atoms with Gasteiger partial charge in [0.2, 0.25) is 0 Å². The molecule has 0 spiro atoms. The summed E-state index contributed by atoms with van der Waals surface area (Å²) in [6.45, 7) is -0.157. The molecule has 0 radical (unpaired) electrons. The highest BCUT2D eigenvalue weighted by Crippen LogP contribution is 2.02. The number of methoxy groups -OCH3 is 1. The molecule has 266 valence electrons. The van der Waals surface area contributed by atoms with Gasteiger partial charge in [-0.05, 0) is 0 Å². The summed E-state index contributed by atoms with van der Waals surface area (Å²) < 4.78 is 20.4. The van der Waals surface area contributed by atoms with Crippen LogP contribution in [0.1, 0.15) is 19.3 Å². The number of nitrogens with two attached hydrogens (primary N) is 3. The molecule has 11 N–H and O–H groups in total. The molecular weight excluding hydrogens is 614 g/mol. The summed E-state index contributed by atoms with van der Waals surface area (Å²) in [7, 11) is 1.19. The lowest BCUT2D eigenvalue weighted by Gasteiger charge is -2.23. The van der Waals surface area contributed by atoms with E-state index in [0.29, 0.717) is 0 Å². The van der Waals surface area contributed by atoms with Crippen LogP contribution in [-0.2, 0) is 47.7 Å². The lowest BCUT2D eigenvalue weighted by molar-refractivity contribution is -0.151. The van der Waals surface area contributed by atoms with Crippen LogP contribution in [0.25, 0.3) is 0 Å². The SMILES string of the molecule is COC(=O)C(CC(=O)OCCN(CCOC(=O)CC(NCCN)C(=O)CO)CCOC(=O)CC(NCCN)C(=O)CO)NCCN. The van der Waals surface area contributed by atoms with E-state index in [0.717, 1.165) is 0 Å². The molecule has 0 heterocycles. The Morgan fingerprint density at radius 1 is 0.609 bits per heavy atom. The minimum atomic E-state index is -0.968. The summed E-state index contributed by atoms with van der Waals surface area (Å²) in [5.41, 5.74) is 16.3. The number of aliphatic hydroxyl groups excluding tert-OH is 2. The lowest BCUT2D eigenvalue weighted by atomic mass is 10.1. The van der Waals surface area contributed by atoms with Crippen molar-refractivity contribution in [1.82, 2.24) is 20.9 Å². The first kappa shape index (κ1) is 42.9. The second kappa shape index (κ2) is 27.0. The van der Waals surface area contributed by atoms with E-state index < -0.39 is 66.8 Å². The van der Waals surface area contributed by atoms with Crippen molar-refractivity contribution in [3.8, 4) is 0 Å². The Morgan fingerprint density at radius 3 is 1.24 bits per heavy atom. The fraction of sp³-hybridized carbons (Fsp3) is 0.778. The molecule has 0 saturated carbocycles. The van der Waals surface area contributed by atoms with Gasteiger partial charge in [0, 0.05) is 58.9 Å². The molecule has 0 aliphatic rings. The van der Waals surface area contributed by atoms with E-state index in [9.17, 15) is 28.8 Å². The van der Waals surface area contributed by atoms with E-state index in [1.807, 2.05) is 0 Å². The Balaban J connectivity index is 5.16. The number of Topliss-reactive ketones (excluding diaryl/α,β-unsaturated/α-hetero) is 2. The minimum absolute atomic E-state index is 0.113. The molecular formula is C27H51N7O12. The van der Waals surface area contributed by atoms with Crippen LogP contribution in [0.2, 0.25) is 0 Å². The zero-order valence-electron chi connectivity index (χ0n) is 26.4. The highest BCUT2D eigenvalue weighted by atomic mass is 16.5. The van der Waals surface area contributed by atoms with Gasteiger partial charge in [0.15, 0.2) is 11.6 Å². The van der Waals surface area contributed by atoms with Gasteiger partial charge in [-0.3, -0.25) is 33.7 Å². The van der Waals surface area contributed by atoms with Crippen molar-refractivity contribution in [1.29, 1.82) is 0 Å². The Labute approximate surface area is 268 Å². The molecule has 0 fully saturated rings. The molecule has 0 aliphatic carbocycles. The molecule has 46 heavy (non-hydrogen) atoms. The predicted octanol–water partition coefficient (Wildman–Crippen LogP) is -5.87. The maximum atomic E-state index is 12.4. The molecule has 3 unspecified atom stereocenters. The molecule has 0 bridgehead atoms. The maximum Gasteiger partial charge on any atom is 0.323 e. The Bertz CT molecular complexity index is 813. The Hall–Kier alpha value is -3.14. The molecule has 19 nitrogen and oxygen atoms in total. The average molecular weight is 666 g/mol. The Kier molecular flexibility index (Phi) is 25.2. The molecule has 0 aromatic rings. The first-order valence-electron chi connectivity index (χ1n) is 14.9. The minimum Gasteiger partial charge on any atom is -0.468 e. The second-order valence-corrected chi connectivity index (χ2v) is 9.77. The predicted molar refractivity (Wildman–Crippen MR) is 162 cm³/mol. The van der Waals surface area contributed by atoms with Crippen LogP contribution in [-0.4, -0.2) is 168 Å². The molecule has 19 heteroatoms. The van der Waals surface area contributed by atoms with Gasteiger partial charge in [0.1, 0.15) is 39.1 Å². The summed E-state index contributed by atoms with van der Waals surface area (Å²) in [4.78, 5) is 74.4. The number of carbonyl (C=O) groups is 6. The fourth-order valence-corrected chi connectivity index (χ4v) is 3.85. The summed E-state index contributed by atoms with van der Waals surface area (Å²) in [5, 5.41) is 26.6. The van der Waals surface area contributed by atoms with Crippen molar-refractivity contribution >= 4 is 35.4 Å². The summed E-state index contributed by atoms with van der Waals surface area (Å²) >= 11 is 0. The first-order valence-corrected chi connectivity index (χ1v) is 14.9. The summed E-state index contributed by atoms with van der Waals surface area (Å²) in [5.74, 6) is -3.95. The summed E-state index contributed by atoms with van der Waals surface area (Å²) in [6.07, 6.45) is -0.972. The normalized spacial score (nSPS) is 13.0. The van der Waals surface area contributed by atoms with Crippen LogP contribution in [0.3, 0.4) is 0 Å². The zero-order valence-corrected chi connectivity index (χ0v) is 26.4. The third-order valence-electron chi connectivity index (χ3n) is 6.30. The maximum absolute atomic E-state index is 12.4. The molecule has 0 aromatic carbocycles. The van der Waals surface area contributed by atoms with Gasteiger partial charge in [-0.2, -0.15) is 0 Å². The van der Waals surface area contributed by atoms with Crippen LogP contribution in [0.15, 0.2) is 0 Å². The van der Waals surface area contributed by atoms with Gasteiger partial charge in [-0.1, -0.05) is 0 Å². The van der Waals surface area contributed by atoms with Crippen molar-refractivity contribution in [3.63, 3.8) is 0 Å². The smallest absolute Gasteiger partial charge is 0.323 e. The largest absolute Gasteiger partial charge is 0.468 e. The van der Waals surface area contributed by atoms with Gasteiger partial charge >= 0.3 is 23.9 Å².